The van der Waals surface area contributed by atoms with Crippen molar-refractivity contribution in [2.45, 2.75) is 6.04 Å². The Labute approximate surface area is 95.4 Å². The quantitative estimate of drug-likeness (QED) is 0.788. The highest BCUT2D eigenvalue weighted by molar-refractivity contribution is 5.64. The van der Waals surface area contributed by atoms with Gasteiger partial charge in [-0.3, -0.25) is 0 Å². The molecular weight excluding hydrogens is 194 g/mol. The van der Waals surface area contributed by atoms with Gasteiger partial charge in [0, 0.05) is 5.69 Å². The van der Waals surface area contributed by atoms with Gasteiger partial charge in [0.2, 0.25) is 0 Å². The average Bonchev–Trinajstić information content (AvgIpc) is 2.74. The topological polar surface area (TPSA) is 12.0 Å². The van der Waals surface area contributed by atoms with E-state index in [1.807, 2.05) is 18.2 Å². The molecule has 1 atom stereocenters. The fourth-order valence-corrected chi connectivity index (χ4v) is 2.09. The maximum Gasteiger partial charge on any atom is 0.0707 e. The first-order valence-corrected chi connectivity index (χ1v) is 5.52. The summed E-state index contributed by atoms with van der Waals surface area (Å²) in [5.74, 6) is 0. The summed E-state index contributed by atoms with van der Waals surface area (Å²) in [7, 11) is 0. The molecule has 0 radical (unpaired) electrons. The second kappa shape index (κ2) is 3.86. The van der Waals surface area contributed by atoms with Gasteiger partial charge >= 0.3 is 0 Å². The second-order valence-electron chi connectivity index (χ2n) is 3.98. The summed E-state index contributed by atoms with van der Waals surface area (Å²) in [5, 5.41) is 3.51. The van der Waals surface area contributed by atoms with E-state index in [4.69, 9.17) is 0 Å². The molecule has 78 valence electrons. The van der Waals surface area contributed by atoms with E-state index in [-0.39, 0.29) is 0 Å². The zero-order valence-corrected chi connectivity index (χ0v) is 8.93. The summed E-state index contributed by atoms with van der Waals surface area (Å²) in [6.45, 7) is 0. The predicted octanol–water partition coefficient (Wildman–Crippen LogP) is 3.87. The molecule has 0 heterocycles. The molecule has 1 aliphatic rings. The van der Waals surface area contributed by atoms with Gasteiger partial charge < -0.3 is 5.32 Å². The summed E-state index contributed by atoms with van der Waals surface area (Å²) in [5.41, 5.74) is 3.83. The van der Waals surface area contributed by atoms with Gasteiger partial charge in [0.15, 0.2) is 0 Å². The molecule has 3 rings (SSSR count). The predicted molar refractivity (Wildman–Crippen MR) is 68.3 cm³/mol. The van der Waals surface area contributed by atoms with Crippen LogP contribution in [0.15, 0.2) is 60.7 Å². The normalized spacial score (nSPS) is 17.1. The third-order valence-corrected chi connectivity index (χ3v) is 2.90. The Balaban J connectivity index is 1.87. The number of para-hydroxylation sites is 1. The van der Waals surface area contributed by atoms with Crippen LogP contribution >= 0.6 is 0 Å². The Kier molecular flexibility index (Phi) is 2.22. The SMILES string of the molecule is C1=CC(Nc2ccccc2)c2ccccc21. The number of fused-ring (bicyclic) bond motifs is 1. The zero-order chi connectivity index (χ0) is 10.8. The van der Waals surface area contributed by atoms with Gasteiger partial charge in [-0.2, -0.15) is 0 Å². The van der Waals surface area contributed by atoms with Crippen LogP contribution in [-0.4, -0.2) is 0 Å². The zero-order valence-electron chi connectivity index (χ0n) is 8.93. The molecule has 1 aliphatic carbocycles. The van der Waals surface area contributed by atoms with Crippen LogP contribution < -0.4 is 5.32 Å². The number of hydrogen-bond donors (Lipinski definition) is 1. The van der Waals surface area contributed by atoms with Crippen LogP contribution in [0.3, 0.4) is 0 Å². The molecule has 0 bridgehead atoms. The minimum atomic E-state index is 0.304. The molecule has 0 saturated carbocycles. The number of benzene rings is 2. The number of anilines is 1. The molecule has 1 nitrogen and oxygen atoms in total. The minimum Gasteiger partial charge on any atom is -0.375 e. The standard InChI is InChI=1S/C15H13N/c1-2-7-13(8-3-1)16-15-11-10-12-6-4-5-9-14(12)15/h1-11,15-16H. The summed E-state index contributed by atoms with van der Waals surface area (Å²) >= 11 is 0. The first-order chi connectivity index (χ1) is 7.93. The lowest BCUT2D eigenvalue weighted by Crippen LogP contribution is -2.05. The Morgan fingerprint density at radius 1 is 0.812 bits per heavy atom. The molecule has 0 aromatic heterocycles. The fourth-order valence-electron chi connectivity index (χ4n) is 2.09. The van der Waals surface area contributed by atoms with Crippen LogP contribution in [-0.2, 0) is 0 Å². The van der Waals surface area contributed by atoms with Crippen LogP contribution in [0, 0.1) is 0 Å². The Hall–Kier alpha value is -2.02. The highest BCUT2D eigenvalue weighted by atomic mass is 14.9. The van der Waals surface area contributed by atoms with Crippen molar-refractivity contribution in [1.29, 1.82) is 0 Å². The molecule has 16 heavy (non-hydrogen) atoms. The van der Waals surface area contributed by atoms with Crippen LogP contribution in [0.25, 0.3) is 6.08 Å². The lowest BCUT2D eigenvalue weighted by molar-refractivity contribution is 1.01. The minimum absolute atomic E-state index is 0.304. The molecule has 0 aliphatic heterocycles. The van der Waals surface area contributed by atoms with E-state index in [2.05, 4.69) is 53.9 Å². The van der Waals surface area contributed by atoms with Crippen molar-refractivity contribution in [2.24, 2.45) is 0 Å². The van der Waals surface area contributed by atoms with Crippen molar-refractivity contribution in [3.63, 3.8) is 0 Å². The molecule has 2 aromatic carbocycles. The number of nitrogens with one attached hydrogen (secondary N) is 1. The molecule has 1 unspecified atom stereocenters. The maximum absolute atomic E-state index is 3.51. The highest BCUT2D eigenvalue weighted by Gasteiger charge is 2.15. The maximum atomic E-state index is 3.51. The summed E-state index contributed by atoms with van der Waals surface area (Å²) < 4.78 is 0. The van der Waals surface area contributed by atoms with Gasteiger partial charge in [-0.25, -0.2) is 0 Å². The summed E-state index contributed by atoms with van der Waals surface area (Å²) in [6.07, 6.45) is 4.38. The Bertz CT molecular complexity index is 514. The van der Waals surface area contributed by atoms with E-state index in [9.17, 15) is 0 Å². The molecular formula is C15H13N. The third-order valence-electron chi connectivity index (χ3n) is 2.90. The molecule has 2 aromatic rings. The van der Waals surface area contributed by atoms with Crippen molar-refractivity contribution in [3.05, 3.63) is 71.8 Å². The van der Waals surface area contributed by atoms with Gasteiger partial charge in [-0.1, -0.05) is 54.6 Å². The van der Waals surface area contributed by atoms with Crippen LogP contribution in [0.4, 0.5) is 5.69 Å². The monoisotopic (exact) mass is 207 g/mol. The molecule has 1 heteroatoms. The van der Waals surface area contributed by atoms with Crippen LogP contribution in [0.5, 0.6) is 0 Å². The Morgan fingerprint density at radius 3 is 2.44 bits per heavy atom. The smallest absolute Gasteiger partial charge is 0.0707 e. The average molecular weight is 207 g/mol. The van der Waals surface area contributed by atoms with Gasteiger partial charge in [-0.05, 0) is 23.3 Å². The molecule has 0 fully saturated rings. The second-order valence-corrected chi connectivity index (χ2v) is 3.98. The van der Waals surface area contributed by atoms with Crippen molar-refractivity contribution in [1.82, 2.24) is 0 Å². The van der Waals surface area contributed by atoms with E-state index in [1.54, 1.807) is 0 Å². The van der Waals surface area contributed by atoms with E-state index in [0.29, 0.717) is 6.04 Å². The van der Waals surface area contributed by atoms with E-state index < -0.39 is 0 Å². The van der Waals surface area contributed by atoms with Crippen LogP contribution in [0.1, 0.15) is 17.2 Å². The Morgan fingerprint density at radius 2 is 1.56 bits per heavy atom. The molecule has 1 N–H and O–H groups in total. The summed E-state index contributed by atoms with van der Waals surface area (Å²) in [4.78, 5) is 0. The van der Waals surface area contributed by atoms with Crippen molar-refractivity contribution in [3.8, 4) is 0 Å². The van der Waals surface area contributed by atoms with Gasteiger partial charge in [0.05, 0.1) is 6.04 Å². The van der Waals surface area contributed by atoms with Crippen molar-refractivity contribution < 1.29 is 0 Å². The molecule has 0 amide bonds. The van der Waals surface area contributed by atoms with Gasteiger partial charge in [0.25, 0.3) is 0 Å². The van der Waals surface area contributed by atoms with Crippen LogP contribution in [0.2, 0.25) is 0 Å². The fraction of sp³-hybridized carbons (Fsp3) is 0.0667. The molecule has 0 saturated heterocycles. The van der Waals surface area contributed by atoms with E-state index in [1.165, 1.54) is 11.1 Å². The van der Waals surface area contributed by atoms with Gasteiger partial charge in [-0.15, -0.1) is 0 Å². The first kappa shape index (κ1) is 9.22. The first-order valence-electron chi connectivity index (χ1n) is 5.52. The third kappa shape index (κ3) is 1.61. The van der Waals surface area contributed by atoms with E-state index >= 15 is 0 Å². The lowest BCUT2D eigenvalue weighted by Gasteiger charge is -2.14. The van der Waals surface area contributed by atoms with Gasteiger partial charge in [0.1, 0.15) is 0 Å². The van der Waals surface area contributed by atoms with Crippen molar-refractivity contribution in [2.75, 3.05) is 5.32 Å². The molecule has 0 spiro atoms. The number of hydrogen-bond acceptors (Lipinski definition) is 1. The highest BCUT2D eigenvalue weighted by Crippen LogP contribution is 2.30. The number of rotatable bonds is 2. The van der Waals surface area contributed by atoms with Crippen molar-refractivity contribution >= 4 is 11.8 Å². The lowest BCUT2D eigenvalue weighted by atomic mass is 10.1. The summed E-state index contributed by atoms with van der Waals surface area (Å²) in [6, 6.07) is 19.1. The van der Waals surface area contributed by atoms with E-state index in [0.717, 1.165) is 5.69 Å². The largest absolute Gasteiger partial charge is 0.375 e.